The van der Waals surface area contributed by atoms with Crippen molar-refractivity contribution < 1.29 is 14.4 Å². The Hall–Kier alpha value is -0.0900. The van der Waals surface area contributed by atoms with Crippen LogP contribution in [0.4, 0.5) is 0 Å². The Morgan fingerprint density at radius 2 is 1.93 bits per heavy atom. The maximum absolute atomic E-state index is 10.7. The molecule has 4 N–H and O–H groups in total. The van der Waals surface area contributed by atoms with Crippen molar-refractivity contribution in [2.75, 3.05) is 6.16 Å². The van der Waals surface area contributed by atoms with Crippen LogP contribution in [0.25, 0.3) is 0 Å². The minimum Gasteiger partial charge on any atom is -0.324 e. The summed E-state index contributed by atoms with van der Waals surface area (Å²) in [5.41, 5.74) is 6.15. The lowest BCUT2D eigenvalue weighted by Crippen LogP contribution is -2.15. The third-order valence-corrected chi connectivity index (χ3v) is 3.41. The molecule has 0 radical (unpaired) electrons. The number of benzene rings is 1. The second-order valence-corrected chi connectivity index (χ2v) is 5.64. The van der Waals surface area contributed by atoms with Gasteiger partial charge in [0, 0.05) is 6.04 Å². The van der Waals surface area contributed by atoms with Crippen molar-refractivity contribution in [1.29, 1.82) is 0 Å². The summed E-state index contributed by atoms with van der Waals surface area (Å²) in [6.45, 7) is 0. The quantitative estimate of drug-likeness (QED) is 0.735. The SMILES string of the molecule is NC(CP(=O)(O)O)c1ccc(Cl)c(Cl)c1. The van der Waals surface area contributed by atoms with Crippen LogP contribution in [0, 0.1) is 0 Å². The van der Waals surface area contributed by atoms with E-state index in [9.17, 15) is 4.57 Å². The van der Waals surface area contributed by atoms with Gasteiger partial charge in [-0.1, -0.05) is 29.3 Å². The predicted octanol–water partition coefficient (Wildman–Crippen LogP) is 2.17. The van der Waals surface area contributed by atoms with Crippen LogP contribution >= 0.6 is 30.8 Å². The van der Waals surface area contributed by atoms with E-state index in [1.165, 1.54) is 6.07 Å². The molecule has 7 heteroatoms. The molecular formula is C8H10Cl2NO3P. The molecule has 84 valence electrons. The molecule has 0 aliphatic heterocycles. The highest BCUT2D eigenvalue weighted by Crippen LogP contribution is 2.38. The molecule has 1 rings (SSSR count). The molecule has 0 amide bonds. The second-order valence-electron chi connectivity index (χ2n) is 3.13. The topological polar surface area (TPSA) is 83.6 Å². The van der Waals surface area contributed by atoms with E-state index >= 15 is 0 Å². The summed E-state index contributed by atoms with van der Waals surface area (Å²) in [5, 5.41) is 0.694. The van der Waals surface area contributed by atoms with Crippen LogP contribution in [0.3, 0.4) is 0 Å². The molecule has 0 bridgehead atoms. The Morgan fingerprint density at radius 1 is 1.33 bits per heavy atom. The molecule has 0 aliphatic rings. The third kappa shape index (κ3) is 4.11. The first-order valence-corrected chi connectivity index (χ1v) is 6.60. The van der Waals surface area contributed by atoms with Crippen LogP contribution in [-0.2, 0) is 4.57 Å². The lowest BCUT2D eigenvalue weighted by molar-refractivity contribution is 0.369. The zero-order valence-corrected chi connectivity index (χ0v) is 10.0. The molecule has 0 fully saturated rings. The van der Waals surface area contributed by atoms with E-state index in [-0.39, 0.29) is 0 Å². The van der Waals surface area contributed by atoms with Gasteiger partial charge in [-0.15, -0.1) is 0 Å². The summed E-state index contributed by atoms with van der Waals surface area (Å²) in [4.78, 5) is 17.5. The summed E-state index contributed by atoms with van der Waals surface area (Å²) >= 11 is 11.4. The maximum Gasteiger partial charge on any atom is 0.327 e. The van der Waals surface area contributed by atoms with Crippen molar-refractivity contribution in [2.24, 2.45) is 5.73 Å². The van der Waals surface area contributed by atoms with Gasteiger partial charge in [0.05, 0.1) is 16.2 Å². The Balaban J connectivity index is 2.87. The van der Waals surface area contributed by atoms with E-state index in [2.05, 4.69) is 0 Å². The third-order valence-electron chi connectivity index (χ3n) is 1.81. The van der Waals surface area contributed by atoms with Gasteiger partial charge in [-0.25, -0.2) is 0 Å². The standard InChI is InChI=1S/C8H10Cl2NO3P/c9-6-2-1-5(3-7(6)10)8(11)4-15(12,13)14/h1-3,8H,4,11H2,(H2,12,13,14). The van der Waals surface area contributed by atoms with E-state index in [0.29, 0.717) is 15.6 Å². The molecule has 0 spiro atoms. The van der Waals surface area contributed by atoms with Crippen molar-refractivity contribution in [1.82, 2.24) is 0 Å². The summed E-state index contributed by atoms with van der Waals surface area (Å²) in [6.07, 6.45) is -0.412. The molecular weight excluding hydrogens is 260 g/mol. The first-order chi connectivity index (χ1) is 6.79. The van der Waals surface area contributed by atoms with E-state index < -0.39 is 19.8 Å². The molecule has 1 aromatic carbocycles. The van der Waals surface area contributed by atoms with E-state index in [1.807, 2.05) is 0 Å². The van der Waals surface area contributed by atoms with Gasteiger partial charge in [0.15, 0.2) is 0 Å². The van der Waals surface area contributed by atoms with Crippen molar-refractivity contribution in [2.45, 2.75) is 6.04 Å². The fourth-order valence-electron chi connectivity index (χ4n) is 1.10. The normalized spacial score (nSPS) is 13.9. The number of hydrogen-bond acceptors (Lipinski definition) is 2. The van der Waals surface area contributed by atoms with E-state index in [1.54, 1.807) is 12.1 Å². The molecule has 1 unspecified atom stereocenters. The minimum atomic E-state index is -4.12. The first kappa shape index (κ1) is 13.0. The van der Waals surface area contributed by atoms with Crippen LogP contribution in [0.15, 0.2) is 18.2 Å². The maximum atomic E-state index is 10.7. The van der Waals surface area contributed by atoms with E-state index in [0.717, 1.165) is 0 Å². The lowest BCUT2D eigenvalue weighted by Gasteiger charge is -2.13. The Morgan fingerprint density at radius 3 is 2.40 bits per heavy atom. The zero-order chi connectivity index (χ0) is 11.6. The summed E-state index contributed by atoms with van der Waals surface area (Å²) in [7, 11) is -4.12. The number of nitrogens with two attached hydrogens (primary N) is 1. The average Bonchev–Trinajstić information content (AvgIpc) is 2.06. The fourth-order valence-corrected chi connectivity index (χ4v) is 2.13. The van der Waals surface area contributed by atoms with Gasteiger partial charge in [-0.2, -0.15) is 0 Å². The second kappa shape index (κ2) is 4.83. The van der Waals surface area contributed by atoms with Gasteiger partial charge in [-0.3, -0.25) is 4.57 Å². The van der Waals surface area contributed by atoms with Crippen LogP contribution in [0.2, 0.25) is 10.0 Å². The largest absolute Gasteiger partial charge is 0.327 e. The fraction of sp³-hybridized carbons (Fsp3) is 0.250. The predicted molar refractivity (Wildman–Crippen MR) is 60.3 cm³/mol. The monoisotopic (exact) mass is 269 g/mol. The zero-order valence-electron chi connectivity index (χ0n) is 7.60. The number of halogens is 2. The summed E-state index contributed by atoms with van der Waals surface area (Å²) < 4.78 is 10.7. The van der Waals surface area contributed by atoms with Crippen LogP contribution < -0.4 is 5.73 Å². The lowest BCUT2D eigenvalue weighted by atomic mass is 10.1. The number of hydrogen-bond donors (Lipinski definition) is 3. The Labute approximate surface area is 97.2 Å². The van der Waals surface area contributed by atoms with Crippen LogP contribution in [0.1, 0.15) is 11.6 Å². The van der Waals surface area contributed by atoms with Gasteiger partial charge in [0.25, 0.3) is 0 Å². The van der Waals surface area contributed by atoms with Gasteiger partial charge >= 0.3 is 7.60 Å². The highest BCUT2D eigenvalue weighted by molar-refractivity contribution is 7.51. The van der Waals surface area contributed by atoms with Gasteiger partial charge < -0.3 is 15.5 Å². The summed E-state index contributed by atoms with van der Waals surface area (Å²) in [5.74, 6) is 0. The Kier molecular flexibility index (Phi) is 4.18. The Bertz CT molecular complexity index is 407. The molecule has 0 saturated carbocycles. The highest BCUT2D eigenvalue weighted by Gasteiger charge is 2.20. The molecule has 0 saturated heterocycles. The van der Waals surface area contributed by atoms with Crippen molar-refractivity contribution in [3.05, 3.63) is 33.8 Å². The minimum absolute atomic E-state index is 0.315. The average molecular weight is 270 g/mol. The first-order valence-electron chi connectivity index (χ1n) is 4.05. The molecule has 0 aromatic heterocycles. The smallest absolute Gasteiger partial charge is 0.324 e. The molecule has 4 nitrogen and oxygen atoms in total. The van der Waals surface area contributed by atoms with Crippen molar-refractivity contribution in [3.63, 3.8) is 0 Å². The van der Waals surface area contributed by atoms with Gasteiger partial charge in [-0.05, 0) is 17.7 Å². The van der Waals surface area contributed by atoms with E-state index in [4.69, 9.17) is 38.7 Å². The molecule has 1 aromatic rings. The summed E-state index contributed by atoms with van der Waals surface area (Å²) in [6, 6.07) is 3.89. The van der Waals surface area contributed by atoms with Crippen LogP contribution in [0.5, 0.6) is 0 Å². The van der Waals surface area contributed by atoms with Gasteiger partial charge in [0.1, 0.15) is 0 Å². The van der Waals surface area contributed by atoms with Crippen molar-refractivity contribution in [3.8, 4) is 0 Å². The molecule has 0 heterocycles. The molecule has 15 heavy (non-hydrogen) atoms. The van der Waals surface area contributed by atoms with Gasteiger partial charge in [0.2, 0.25) is 0 Å². The van der Waals surface area contributed by atoms with Crippen molar-refractivity contribution >= 4 is 30.8 Å². The molecule has 1 atom stereocenters. The molecule has 0 aliphatic carbocycles. The highest BCUT2D eigenvalue weighted by atomic mass is 35.5. The van der Waals surface area contributed by atoms with Crippen LogP contribution in [-0.4, -0.2) is 15.9 Å². The number of rotatable bonds is 3.